The van der Waals surface area contributed by atoms with Gasteiger partial charge in [0.2, 0.25) is 5.91 Å². The van der Waals surface area contributed by atoms with Crippen LogP contribution in [0, 0.1) is 12.8 Å². The van der Waals surface area contributed by atoms with Crippen LogP contribution in [0.5, 0.6) is 0 Å². The molecule has 1 aromatic carbocycles. The van der Waals surface area contributed by atoms with Crippen molar-refractivity contribution in [2.75, 3.05) is 18.4 Å². The lowest BCUT2D eigenvalue weighted by Gasteiger charge is -2.31. The number of hydrogen-bond acceptors (Lipinski definition) is 5. The number of aryl methyl sites for hydroxylation is 1. The first-order chi connectivity index (χ1) is 13.6. The Balaban J connectivity index is 1.45. The number of pyridine rings is 1. The maximum absolute atomic E-state index is 12.7. The predicted octanol–water partition coefficient (Wildman–Crippen LogP) is 2.41. The Morgan fingerprint density at radius 2 is 2.07 bits per heavy atom. The van der Waals surface area contributed by atoms with Crippen LogP contribution in [0.3, 0.4) is 0 Å². The molecule has 0 spiro atoms. The molecule has 7 nitrogen and oxygen atoms in total. The number of aromatic nitrogens is 3. The van der Waals surface area contributed by atoms with Crippen molar-refractivity contribution in [2.45, 2.75) is 26.4 Å². The number of amides is 1. The monoisotopic (exact) mass is 377 g/mol. The molecule has 1 atom stereocenters. The Labute approximate surface area is 163 Å². The van der Waals surface area contributed by atoms with Gasteiger partial charge < -0.3 is 5.32 Å². The molecular weight excluding hydrogens is 354 g/mol. The van der Waals surface area contributed by atoms with Gasteiger partial charge in [-0.25, -0.2) is 9.67 Å². The zero-order valence-corrected chi connectivity index (χ0v) is 15.8. The average molecular weight is 377 g/mol. The van der Waals surface area contributed by atoms with Gasteiger partial charge in [0, 0.05) is 17.6 Å². The third-order valence-electron chi connectivity index (χ3n) is 5.11. The largest absolute Gasteiger partial charge is 0.310 e. The lowest BCUT2D eigenvalue weighted by atomic mass is 9.97. The van der Waals surface area contributed by atoms with Gasteiger partial charge >= 0.3 is 0 Å². The minimum absolute atomic E-state index is 0.0263. The number of nitrogens with one attached hydrogen (secondary N) is 1. The number of nitrogens with zero attached hydrogens (tertiary/aromatic N) is 4. The average Bonchev–Trinajstić information content (AvgIpc) is 2.70. The Hall–Kier alpha value is -3.06. The summed E-state index contributed by atoms with van der Waals surface area (Å²) in [6.45, 7) is 3.72. The van der Waals surface area contributed by atoms with Gasteiger partial charge in [0.1, 0.15) is 5.82 Å². The number of hydrogen-bond donors (Lipinski definition) is 1. The van der Waals surface area contributed by atoms with Crippen molar-refractivity contribution >= 4 is 22.5 Å². The predicted molar refractivity (Wildman–Crippen MR) is 108 cm³/mol. The number of piperidine rings is 1. The Bertz CT molecular complexity index is 1060. The second-order valence-corrected chi connectivity index (χ2v) is 7.25. The topological polar surface area (TPSA) is 80.1 Å². The van der Waals surface area contributed by atoms with Crippen LogP contribution in [-0.4, -0.2) is 38.7 Å². The quantitative estimate of drug-likeness (QED) is 0.755. The molecule has 1 aliphatic rings. The highest BCUT2D eigenvalue weighted by Crippen LogP contribution is 2.19. The van der Waals surface area contributed by atoms with Gasteiger partial charge in [0.15, 0.2) is 0 Å². The summed E-state index contributed by atoms with van der Waals surface area (Å²) in [6, 6.07) is 13.0. The molecule has 1 aliphatic heterocycles. The van der Waals surface area contributed by atoms with Gasteiger partial charge in [-0.15, -0.1) is 0 Å². The van der Waals surface area contributed by atoms with Crippen LogP contribution < -0.4 is 10.9 Å². The molecule has 7 heteroatoms. The number of carbonyl (C=O) groups is 1. The summed E-state index contributed by atoms with van der Waals surface area (Å²) >= 11 is 0. The summed E-state index contributed by atoms with van der Waals surface area (Å²) in [7, 11) is 0. The van der Waals surface area contributed by atoms with Crippen molar-refractivity contribution in [2.24, 2.45) is 5.92 Å². The fourth-order valence-corrected chi connectivity index (χ4v) is 3.66. The van der Waals surface area contributed by atoms with E-state index in [0.717, 1.165) is 30.5 Å². The van der Waals surface area contributed by atoms with Crippen LogP contribution >= 0.6 is 0 Å². The smallest absolute Gasteiger partial charge is 0.275 e. The van der Waals surface area contributed by atoms with Crippen LogP contribution in [0.4, 0.5) is 5.82 Å². The third-order valence-corrected chi connectivity index (χ3v) is 5.11. The third kappa shape index (κ3) is 3.94. The first-order valence-corrected chi connectivity index (χ1v) is 9.52. The van der Waals surface area contributed by atoms with E-state index in [0.29, 0.717) is 24.4 Å². The van der Waals surface area contributed by atoms with Crippen LogP contribution in [0.2, 0.25) is 0 Å². The van der Waals surface area contributed by atoms with Gasteiger partial charge in [-0.2, -0.15) is 5.10 Å². The second kappa shape index (κ2) is 7.90. The second-order valence-electron chi connectivity index (χ2n) is 7.25. The van der Waals surface area contributed by atoms with Gasteiger partial charge in [-0.05, 0) is 44.5 Å². The highest BCUT2D eigenvalue weighted by atomic mass is 16.2. The lowest BCUT2D eigenvalue weighted by molar-refractivity contribution is -0.121. The molecule has 1 fully saturated rings. The number of benzene rings is 1. The molecule has 0 radical (unpaired) electrons. The van der Waals surface area contributed by atoms with Gasteiger partial charge in [0.25, 0.3) is 5.56 Å². The molecule has 0 saturated carbocycles. The highest BCUT2D eigenvalue weighted by Gasteiger charge is 2.26. The van der Waals surface area contributed by atoms with E-state index in [1.807, 2.05) is 43.3 Å². The van der Waals surface area contributed by atoms with Gasteiger partial charge in [-0.3, -0.25) is 14.5 Å². The lowest BCUT2D eigenvalue weighted by Crippen LogP contribution is -2.43. The maximum Gasteiger partial charge on any atom is 0.275 e. The van der Waals surface area contributed by atoms with Crippen LogP contribution in [0.1, 0.15) is 18.5 Å². The number of carbonyl (C=O) groups excluding carboxylic acids is 1. The zero-order chi connectivity index (χ0) is 19.5. The molecule has 2 aromatic heterocycles. The fraction of sp³-hybridized carbons (Fsp3) is 0.333. The van der Waals surface area contributed by atoms with E-state index in [9.17, 15) is 9.59 Å². The minimum Gasteiger partial charge on any atom is -0.310 e. The van der Waals surface area contributed by atoms with Crippen molar-refractivity contribution in [1.29, 1.82) is 0 Å². The van der Waals surface area contributed by atoms with Crippen molar-refractivity contribution in [1.82, 2.24) is 19.7 Å². The summed E-state index contributed by atoms with van der Waals surface area (Å²) in [4.78, 5) is 31.8. The van der Waals surface area contributed by atoms with Crippen molar-refractivity contribution in [3.8, 4) is 0 Å². The first kappa shape index (κ1) is 18.3. The molecule has 4 rings (SSSR count). The minimum atomic E-state index is -0.132. The molecule has 1 saturated heterocycles. The van der Waals surface area contributed by atoms with Crippen LogP contribution in [0.15, 0.2) is 53.5 Å². The molecule has 0 unspecified atom stereocenters. The molecule has 1 N–H and O–H groups in total. The van der Waals surface area contributed by atoms with Crippen LogP contribution in [0.25, 0.3) is 10.8 Å². The Morgan fingerprint density at radius 1 is 1.21 bits per heavy atom. The first-order valence-electron chi connectivity index (χ1n) is 9.52. The number of rotatable bonds is 4. The van der Waals surface area contributed by atoms with Crippen molar-refractivity contribution in [3.63, 3.8) is 0 Å². The number of likely N-dealkylation sites (tertiary alicyclic amines) is 1. The normalized spacial score (nSPS) is 17.5. The van der Waals surface area contributed by atoms with Crippen molar-refractivity contribution in [3.05, 3.63) is 64.7 Å². The maximum atomic E-state index is 12.7. The van der Waals surface area contributed by atoms with Gasteiger partial charge in [-0.1, -0.05) is 24.3 Å². The molecule has 0 bridgehead atoms. The number of anilines is 1. The molecule has 1 amide bonds. The fourth-order valence-electron chi connectivity index (χ4n) is 3.66. The molecule has 28 heavy (non-hydrogen) atoms. The van der Waals surface area contributed by atoms with Crippen molar-refractivity contribution < 1.29 is 4.79 Å². The molecule has 144 valence electrons. The zero-order valence-electron chi connectivity index (χ0n) is 15.8. The molecule has 3 aromatic rings. The molecule has 0 aliphatic carbocycles. The standard InChI is InChI=1S/C21H23N5O2/c1-15-6-4-10-19(23-15)24-20(27)17-8-5-11-25(13-17)14-26-21(28)18-9-3-2-7-16(18)12-22-26/h2-4,6-7,9-10,12,17H,5,8,11,13-14H2,1H3,(H,23,24,27)/t17-/m0/s1. The summed E-state index contributed by atoms with van der Waals surface area (Å²) < 4.78 is 1.48. The van der Waals surface area contributed by atoms with E-state index < -0.39 is 0 Å². The highest BCUT2D eigenvalue weighted by molar-refractivity contribution is 5.91. The Kier molecular flexibility index (Phi) is 5.16. The molecule has 3 heterocycles. The van der Waals surface area contributed by atoms with Crippen LogP contribution in [-0.2, 0) is 11.5 Å². The van der Waals surface area contributed by atoms with Gasteiger partial charge in [0.05, 0.1) is 24.2 Å². The van der Waals surface area contributed by atoms with E-state index in [1.54, 1.807) is 12.3 Å². The van der Waals surface area contributed by atoms with E-state index in [4.69, 9.17) is 0 Å². The summed E-state index contributed by atoms with van der Waals surface area (Å²) in [6.07, 6.45) is 3.45. The molecular formula is C21H23N5O2. The van der Waals surface area contributed by atoms with E-state index in [1.165, 1.54) is 4.68 Å². The van der Waals surface area contributed by atoms with E-state index in [2.05, 4.69) is 20.3 Å². The SMILES string of the molecule is Cc1cccc(NC(=O)[C@H]2CCCN(Cn3ncc4ccccc4c3=O)C2)n1. The summed E-state index contributed by atoms with van der Waals surface area (Å²) in [5.41, 5.74) is 0.762. The Morgan fingerprint density at radius 3 is 2.93 bits per heavy atom. The summed E-state index contributed by atoms with van der Waals surface area (Å²) in [5.74, 6) is 0.420. The van der Waals surface area contributed by atoms with E-state index >= 15 is 0 Å². The number of fused-ring (bicyclic) bond motifs is 1. The summed E-state index contributed by atoms with van der Waals surface area (Å²) in [5, 5.41) is 8.71. The van der Waals surface area contributed by atoms with E-state index in [-0.39, 0.29) is 17.4 Å².